The molecule has 33 nitrogen and oxygen atoms in total. The molecule has 1 aliphatic rings. The van der Waals surface area contributed by atoms with E-state index in [1.807, 2.05) is 5.32 Å². The SMILES string of the molecule is O=C(O)CC[C@H](NC(=O)N[C@@H](CCCCNC(=O)CCC(=O)NCCC[C@H](NC(=O)C(Cc1ccccc1)NC(=O)C(Cc1ccccc1)NC(=O)C(Cc1ccccc1)NC(=O)CN1CCN(CC(=O)O)CCN(CC(=O)O)CCN(CC(=O)O)CC1)C(=O)O)C(=O)O)C(=O)O. The molecule has 3 aromatic rings. The van der Waals surface area contributed by atoms with Crippen molar-refractivity contribution in [1.29, 1.82) is 0 Å². The summed E-state index contributed by atoms with van der Waals surface area (Å²) in [5.74, 6) is -13.3. The predicted octanol–water partition coefficient (Wildman–Crippen LogP) is -1.75. The molecular formula is C64H88N12O21. The van der Waals surface area contributed by atoms with Crippen LogP contribution in [0.25, 0.3) is 0 Å². The van der Waals surface area contributed by atoms with Gasteiger partial charge in [0, 0.05) is 104 Å². The van der Waals surface area contributed by atoms with E-state index in [4.69, 9.17) is 5.11 Å². The summed E-state index contributed by atoms with van der Waals surface area (Å²) in [5.41, 5.74) is 1.78. The van der Waals surface area contributed by atoms with Crippen molar-refractivity contribution in [3.05, 3.63) is 108 Å². The number of hydrogen-bond donors (Lipinski definition) is 15. The van der Waals surface area contributed by atoms with E-state index in [9.17, 15) is 97.8 Å². The second-order valence-corrected chi connectivity index (χ2v) is 23.2. The van der Waals surface area contributed by atoms with E-state index in [2.05, 4.69) is 37.2 Å². The van der Waals surface area contributed by atoms with E-state index in [0.29, 0.717) is 16.7 Å². The van der Waals surface area contributed by atoms with E-state index >= 15 is 0 Å². The van der Waals surface area contributed by atoms with Crippen LogP contribution in [0.5, 0.6) is 0 Å². The maximum absolute atomic E-state index is 14.7. The lowest BCUT2D eigenvalue weighted by atomic mass is 10.0. The Bertz CT molecular complexity index is 3080. The minimum absolute atomic E-state index is 0.0286. The number of amides is 8. The van der Waals surface area contributed by atoms with Crippen molar-refractivity contribution in [2.24, 2.45) is 0 Å². The average Bonchev–Trinajstić information content (AvgIpc) is 1.11. The Balaban J connectivity index is 1.41. The Morgan fingerprint density at radius 3 is 0.979 bits per heavy atom. The van der Waals surface area contributed by atoms with Crippen molar-refractivity contribution in [1.82, 2.24) is 62.1 Å². The molecule has 0 bridgehead atoms. The van der Waals surface area contributed by atoms with Crippen LogP contribution in [0.15, 0.2) is 91.0 Å². The minimum Gasteiger partial charge on any atom is -0.481 e. The van der Waals surface area contributed by atoms with Crippen molar-refractivity contribution in [2.75, 3.05) is 91.6 Å². The molecule has 97 heavy (non-hydrogen) atoms. The predicted molar refractivity (Wildman–Crippen MR) is 344 cm³/mol. The molecule has 530 valence electrons. The summed E-state index contributed by atoms with van der Waals surface area (Å²) in [6.45, 7) is -0.446. The van der Waals surface area contributed by atoms with Gasteiger partial charge in [0.05, 0.1) is 26.2 Å². The van der Waals surface area contributed by atoms with Gasteiger partial charge in [-0.25, -0.2) is 19.2 Å². The first kappa shape index (κ1) is 79.3. The lowest BCUT2D eigenvalue weighted by Gasteiger charge is -2.33. The van der Waals surface area contributed by atoms with Gasteiger partial charge in [-0.1, -0.05) is 91.0 Å². The fraction of sp³-hybridized carbons (Fsp3) is 0.500. The first-order valence-corrected chi connectivity index (χ1v) is 31.6. The van der Waals surface area contributed by atoms with Gasteiger partial charge in [0.1, 0.15) is 36.3 Å². The van der Waals surface area contributed by atoms with Crippen LogP contribution in [0.4, 0.5) is 4.79 Å². The Hall–Kier alpha value is -10.1. The molecule has 1 saturated heterocycles. The average molecular weight is 1360 g/mol. The molecule has 1 fully saturated rings. The lowest BCUT2D eigenvalue weighted by molar-refractivity contribution is -0.143. The van der Waals surface area contributed by atoms with Crippen LogP contribution in [0, 0.1) is 0 Å². The normalized spacial score (nSPS) is 15.3. The number of urea groups is 1. The molecule has 33 heteroatoms. The van der Waals surface area contributed by atoms with Crippen LogP contribution in [0.2, 0.25) is 0 Å². The van der Waals surface area contributed by atoms with Gasteiger partial charge in [0.15, 0.2) is 0 Å². The summed E-state index contributed by atoms with van der Waals surface area (Å²) in [5, 5.41) is 87.1. The molecule has 1 heterocycles. The van der Waals surface area contributed by atoms with Crippen LogP contribution in [0.1, 0.15) is 74.5 Å². The summed E-state index contributed by atoms with van der Waals surface area (Å²) in [6, 6.07) is 15.9. The summed E-state index contributed by atoms with van der Waals surface area (Å²) in [4.78, 5) is 184. The third kappa shape index (κ3) is 33.2. The Kier molecular flexibility index (Phi) is 35.2. The number of carboxylic acids is 7. The molecule has 15 N–H and O–H groups in total. The van der Waals surface area contributed by atoms with Crippen LogP contribution in [-0.2, 0) is 81.6 Å². The second-order valence-electron chi connectivity index (χ2n) is 23.2. The van der Waals surface area contributed by atoms with Gasteiger partial charge >= 0.3 is 47.8 Å². The van der Waals surface area contributed by atoms with Crippen molar-refractivity contribution < 1.29 is 103 Å². The molecule has 1 aliphatic heterocycles. The fourth-order valence-corrected chi connectivity index (χ4v) is 10.3. The zero-order chi connectivity index (χ0) is 71.2. The monoisotopic (exact) mass is 1360 g/mol. The van der Waals surface area contributed by atoms with Gasteiger partial charge in [-0.3, -0.25) is 67.5 Å². The third-order valence-corrected chi connectivity index (χ3v) is 15.4. The Labute approximate surface area is 559 Å². The van der Waals surface area contributed by atoms with Gasteiger partial charge in [-0.2, -0.15) is 0 Å². The van der Waals surface area contributed by atoms with Crippen molar-refractivity contribution >= 4 is 83.3 Å². The number of nitrogens with zero attached hydrogens (tertiary/aromatic N) is 4. The van der Waals surface area contributed by atoms with E-state index < -0.39 is 145 Å². The molecule has 0 aromatic heterocycles. The standard InChI is InChI=1S/C64H88N12O21/c77-51(65-25-11-10-19-46(62(93)94)71-64(97)72-47(63(95)96)21-24-54(80)81)22-23-52(78)66-26-12-20-45(61(91)92)68-59(89)49(36-43-15-6-2-7-16-43)70-60(90)50(37-44-17-8-3-9-18-44)69-58(88)48(35-42-13-4-1-5-14-42)67-53(79)38-73-27-29-74(39-55(82)83)31-33-76(41-57(86)87)34-32-75(30-28-73)40-56(84)85/h1-9,13-18,45-50H,10-12,19-41H2,(H,65,77)(H,66,78)(H,67,79)(H,68,89)(H,69,88)(H,70,90)(H,80,81)(H,82,83)(H,84,85)(H,86,87)(H,91,92)(H,93,94)(H,95,96)(H2,71,72,97)/t45-,46-,47-,48?,49?,50?/m0/s1. The lowest BCUT2D eigenvalue weighted by Crippen LogP contribution is -2.59. The number of nitrogens with one attached hydrogen (secondary N) is 8. The summed E-state index contributed by atoms with van der Waals surface area (Å²) in [7, 11) is 0. The first-order valence-electron chi connectivity index (χ1n) is 31.6. The summed E-state index contributed by atoms with van der Waals surface area (Å²) < 4.78 is 0. The van der Waals surface area contributed by atoms with Crippen LogP contribution < -0.4 is 42.5 Å². The number of hydrogen-bond acceptors (Lipinski definition) is 18. The minimum atomic E-state index is -1.58. The third-order valence-electron chi connectivity index (χ3n) is 15.4. The smallest absolute Gasteiger partial charge is 0.326 e. The molecule has 0 radical (unpaired) electrons. The largest absolute Gasteiger partial charge is 0.481 e. The van der Waals surface area contributed by atoms with E-state index in [-0.39, 0.29) is 143 Å². The van der Waals surface area contributed by atoms with Crippen LogP contribution >= 0.6 is 0 Å². The number of carboxylic acid groups (broad SMARTS) is 7. The summed E-state index contributed by atoms with van der Waals surface area (Å²) >= 11 is 0. The van der Waals surface area contributed by atoms with E-state index in [0.717, 1.165) is 0 Å². The molecule has 0 spiro atoms. The molecular weight excluding hydrogens is 1270 g/mol. The van der Waals surface area contributed by atoms with Crippen molar-refractivity contribution in [2.45, 2.75) is 113 Å². The molecule has 3 aromatic carbocycles. The maximum Gasteiger partial charge on any atom is 0.326 e. The topological polar surface area (TPSA) is 490 Å². The highest BCUT2D eigenvalue weighted by atomic mass is 16.4. The first-order chi connectivity index (χ1) is 46.2. The number of carbonyl (C=O) groups is 14. The van der Waals surface area contributed by atoms with Gasteiger partial charge in [-0.15, -0.1) is 0 Å². The van der Waals surface area contributed by atoms with E-state index in [1.54, 1.807) is 111 Å². The number of unbranched alkanes of at least 4 members (excludes halogenated alkanes) is 1. The summed E-state index contributed by atoms with van der Waals surface area (Å²) in [6.07, 6.45) is -1.69. The van der Waals surface area contributed by atoms with Crippen molar-refractivity contribution in [3.8, 4) is 0 Å². The Morgan fingerprint density at radius 1 is 0.320 bits per heavy atom. The number of rotatable bonds is 41. The van der Waals surface area contributed by atoms with Gasteiger partial charge in [0.2, 0.25) is 35.4 Å². The van der Waals surface area contributed by atoms with Gasteiger partial charge in [0.25, 0.3) is 0 Å². The molecule has 0 aliphatic carbocycles. The van der Waals surface area contributed by atoms with Crippen LogP contribution in [0.3, 0.4) is 0 Å². The molecule has 8 amide bonds. The van der Waals surface area contributed by atoms with Crippen molar-refractivity contribution in [3.63, 3.8) is 0 Å². The van der Waals surface area contributed by atoms with E-state index in [1.165, 1.54) is 0 Å². The zero-order valence-corrected chi connectivity index (χ0v) is 53.6. The number of benzene rings is 3. The van der Waals surface area contributed by atoms with Gasteiger partial charge in [-0.05, 0) is 55.2 Å². The highest BCUT2D eigenvalue weighted by Gasteiger charge is 2.33. The molecule has 6 atom stereocenters. The quantitative estimate of drug-likeness (QED) is 0.0280. The maximum atomic E-state index is 14.7. The molecule has 4 rings (SSSR count). The number of aliphatic carboxylic acids is 7. The Morgan fingerprint density at radius 2 is 0.629 bits per heavy atom. The van der Waals surface area contributed by atoms with Crippen LogP contribution in [-0.4, -0.2) is 266 Å². The zero-order valence-electron chi connectivity index (χ0n) is 53.6. The highest BCUT2D eigenvalue weighted by molar-refractivity contribution is 5.96. The van der Waals surface area contributed by atoms with Gasteiger partial charge < -0.3 is 78.3 Å². The molecule has 0 saturated carbocycles. The highest BCUT2D eigenvalue weighted by Crippen LogP contribution is 2.12. The molecule has 3 unspecified atom stereocenters. The fourth-order valence-electron chi connectivity index (χ4n) is 10.3. The number of carbonyl (C=O) groups excluding carboxylic acids is 7. The second kappa shape index (κ2) is 43.1.